The van der Waals surface area contributed by atoms with Gasteiger partial charge in [0.2, 0.25) is 0 Å². The van der Waals surface area contributed by atoms with E-state index >= 15 is 0 Å². The summed E-state index contributed by atoms with van der Waals surface area (Å²) in [5.41, 5.74) is 1.84. The quantitative estimate of drug-likeness (QED) is 0.840. The van der Waals surface area contributed by atoms with Crippen LogP contribution in [0.3, 0.4) is 0 Å². The summed E-state index contributed by atoms with van der Waals surface area (Å²) in [4.78, 5) is 2.13. The molecule has 112 valence electrons. The molecule has 0 aromatic carbocycles. The number of hydrogen-bond acceptors (Lipinski definition) is 5. The van der Waals surface area contributed by atoms with E-state index in [4.69, 9.17) is 0 Å². The van der Waals surface area contributed by atoms with Crippen molar-refractivity contribution >= 4 is 9.84 Å². The molecule has 0 bridgehead atoms. The topological polar surface area (TPSA) is 75.4 Å². The fourth-order valence-corrected chi connectivity index (χ4v) is 3.22. The molecule has 1 atom stereocenters. The summed E-state index contributed by atoms with van der Waals surface area (Å²) in [5, 5.41) is 14.6. The van der Waals surface area contributed by atoms with Crippen LogP contribution in [0, 0.1) is 5.92 Å². The van der Waals surface area contributed by atoms with Gasteiger partial charge in [-0.2, -0.15) is 5.10 Å². The minimum atomic E-state index is -2.92. The van der Waals surface area contributed by atoms with Crippen LogP contribution >= 0.6 is 0 Å². The van der Waals surface area contributed by atoms with Gasteiger partial charge >= 0.3 is 0 Å². The Morgan fingerprint density at radius 2 is 2.20 bits per heavy atom. The first-order chi connectivity index (χ1) is 9.42. The third-order valence-electron chi connectivity index (χ3n) is 4.05. The maximum atomic E-state index is 11.2. The normalized spacial score (nSPS) is 21.7. The van der Waals surface area contributed by atoms with Crippen molar-refractivity contribution in [3.05, 3.63) is 17.5 Å². The molecule has 2 aliphatic rings. The number of aromatic nitrogens is 2. The largest absolute Gasteiger partial charge is 0.386 e. The summed E-state index contributed by atoms with van der Waals surface area (Å²) in [5.74, 6) is 0.576. The lowest BCUT2D eigenvalue weighted by Crippen LogP contribution is -2.36. The molecule has 7 heteroatoms. The Labute approximate surface area is 119 Å². The molecule has 1 aliphatic heterocycles. The van der Waals surface area contributed by atoms with E-state index < -0.39 is 15.9 Å². The highest BCUT2D eigenvalue weighted by Crippen LogP contribution is 2.40. The standard InChI is InChI=1S/C13H21N3O3S/c1-20(18,19)7-6-15-4-5-16-11(9-15)8-12(14-16)13(17)10-2-3-10/h8,10,13,17H,2-7,9H2,1H3/t13-/m1/s1. The average Bonchev–Trinajstić information content (AvgIpc) is 3.13. The first-order valence-electron chi connectivity index (χ1n) is 7.07. The smallest absolute Gasteiger partial charge is 0.148 e. The molecule has 0 unspecified atom stereocenters. The zero-order chi connectivity index (χ0) is 14.3. The molecule has 0 radical (unpaired) electrons. The van der Waals surface area contributed by atoms with Crippen LogP contribution in [-0.2, 0) is 22.9 Å². The van der Waals surface area contributed by atoms with Crippen molar-refractivity contribution in [3.8, 4) is 0 Å². The molecule has 1 aromatic heterocycles. The van der Waals surface area contributed by atoms with Crippen molar-refractivity contribution in [2.24, 2.45) is 5.92 Å². The van der Waals surface area contributed by atoms with Crippen molar-refractivity contribution in [2.75, 3.05) is 25.1 Å². The summed E-state index contributed by atoms with van der Waals surface area (Å²) in [7, 11) is -2.92. The van der Waals surface area contributed by atoms with Crippen LogP contribution < -0.4 is 0 Å². The lowest BCUT2D eigenvalue weighted by atomic mass is 10.1. The number of aliphatic hydroxyl groups excluding tert-OH is 1. The van der Waals surface area contributed by atoms with E-state index in [1.165, 1.54) is 6.26 Å². The van der Waals surface area contributed by atoms with Gasteiger partial charge in [-0.15, -0.1) is 0 Å². The molecular formula is C13H21N3O3S. The monoisotopic (exact) mass is 299 g/mol. The second-order valence-electron chi connectivity index (χ2n) is 5.97. The Hall–Kier alpha value is -0.920. The minimum absolute atomic E-state index is 0.193. The maximum absolute atomic E-state index is 11.2. The van der Waals surface area contributed by atoms with Crippen molar-refractivity contribution < 1.29 is 13.5 Å². The molecule has 20 heavy (non-hydrogen) atoms. The number of fused-ring (bicyclic) bond motifs is 1. The molecule has 0 saturated heterocycles. The van der Waals surface area contributed by atoms with Crippen molar-refractivity contribution in [2.45, 2.75) is 32.0 Å². The van der Waals surface area contributed by atoms with Crippen LogP contribution in [0.4, 0.5) is 0 Å². The van der Waals surface area contributed by atoms with E-state index in [0.29, 0.717) is 19.0 Å². The van der Waals surface area contributed by atoms with Crippen LogP contribution in [0.1, 0.15) is 30.3 Å². The molecule has 0 amide bonds. The van der Waals surface area contributed by atoms with Crippen LogP contribution in [0.25, 0.3) is 0 Å². The predicted molar refractivity (Wildman–Crippen MR) is 74.9 cm³/mol. The van der Waals surface area contributed by atoms with E-state index in [0.717, 1.165) is 37.3 Å². The van der Waals surface area contributed by atoms with E-state index in [2.05, 4.69) is 10.00 Å². The number of aliphatic hydroxyl groups is 1. The third-order valence-corrected chi connectivity index (χ3v) is 4.97. The van der Waals surface area contributed by atoms with Gasteiger partial charge in [-0.3, -0.25) is 9.58 Å². The van der Waals surface area contributed by atoms with Gasteiger partial charge in [0.15, 0.2) is 0 Å². The van der Waals surface area contributed by atoms with Crippen LogP contribution in [-0.4, -0.2) is 53.3 Å². The minimum Gasteiger partial charge on any atom is -0.386 e. The Kier molecular flexibility index (Phi) is 3.60. The second-order valence-corrected chi connectivity index (χ2v) is 8.23. The van der Waals surface area contributed by atoms with Gasteiger partial charge in [0.1, 0.15) is 15.9 Å². The summed E-state index contributed by atoms with van der Waals surface area (Å²) in [6, 6.07) is 1.97. The highest BCUT2D eigenvalue weighted by molar-refractivity contribution is 7.90. The number of hydrogen-bond donors (Lipinski definition) is 1. The Bertz CT molecular complexity index is 592. The van der Waals surface area contributed by atoms with E-state index in [1.807, 2.05) is 10.7 Å². The lowest BCUT2D eigenvalue weighted by Gasteiger charge is -2.27. The SMILES string of the molecule is CS(=O)(=O)CCN1CCn2nc([C@H](O)C3CC3)cc2C1. The first kappa shape index (κ1) is 14.0. The van der Waals surface area contributed by atoms with Gasteiger partial charge < -0.3 is 5.11 Å². The van der Waals surface area contributed by atoms with Gasteiger partial charge in [0.05, 0.1) is 23.7 Å². The fraction of sp³-hybridized carbons (Fsp3) is 0.769. The molecule has 1 saturated carbocycles. The summed E-state index contributed by atoms with van der Waals surface area (Å²) < 4.78 is 24.4. The van der Waals surface area contributed by atoms with E-state index in [-0.39, 0.29) is 5.75 Å². The molecule has 1 aliphatic carbocycles. The molecule has 0 spiro atoms. The highest BCUT2D eigenvalue weighted by Gasteiger charge is 2.33. The summed E-state index contributed by atoms with van der Waals surface area (Å²) in [6.07, 6.45) is 3.01. The maximum Gasteiger partial charge on any atom is 0.148 e. The van der Waals surface area contributed by atoms with Gasteiger partial charge in [-0.1, -0.05) is 0 Å². The number of rotatable bonds is 5. The van der Waals surface area contributed by atoms with Gasteiger partial charge in [-0.05, 0) is 24.8 Å². The predicted octanol–water partition coefficient (Wildman–Crippen LogP) is 0.187. The number of sulfone groups is 1. The Morgan fingerprint density at radius 3 is 2.85 bits per heavy atom. The molecule has 6 nitrogen and oxygen atoms in total. The zero-order valence-electron chi connectivity index (χ0n) is 11.7. The molecule has 1 N–H and O–H groups in total. The van der Waals surface area contributed by atoms with Gasteiger partial charge in [0, 0.05) is 25.9 Å². The van der Waals surface area contributed by atoms with Crippen LogP contribution in [0.5, 0.6) is 0 Å². The fourth-order valence-electron chi connectivity index (χ4n) is 2.63. The van der Waals surface area contributed by atoms with Gasteiger partial charge in [-0.25, -0.2) is 8.42 Å². The van der Waals surface area contributed by atoms with Crippen molar-refractivity contribution in [1.82, 2.24) is 14.7 Å². The van der Waals surface area contributed by atoms with Gasteiger partial charge in [0.25, 0.3) is 0 Å². The average molecular weight is 299 g/mol. The Morgan fingerprint density at radius 1 is 1.45 bits per heavy atom. The highest BCUT2D eigenvalue weighted by atomic mass is 32.2. The van der Waals surface area contributed by atoms with Crippen LogP contribution in [0.15, 0.2) is 6.07 Å². The summed E-state index contributed by atoms with van der Waals surface area (Å²) >= 11 is 0. The van der Waals surface area contributed by atoms with E-state index in [1.54, 1.807) is 0 Å². The van der Waals surface area contributed by atoms with Crippen molar-refractivity contribution in [3.63, 3.8) is 0 Å². The molecule has 1 aromatic rings. The zero-order valence-corrected chi connectivity index (χ0v) is 12.5. The molecule has 3 rings (SSSR count). The molecule has 2 heterocycles. The first-order valence-corrected chi connectivity index (χ1v) is 9.13. The Balaban J connectivity index is 1.65. The lowest BCUT2D eigenvalue weighted by molar-refractivity contribution is 0.147. The number of nitrogens with zero attached hydrogens (tertiary/aromatic N) is 3. The molecular weight excluding hydrogens is 278 g/mol. The second kappa shape index (κ2) is 5.13. The van der Waals surface area contributed by atoms with E-state index in [9.17, 15) is 13.5 Å². The van der Waals surface area contributed by atoms with Crippen LogP contribution in [0.2, 0.25) is 0 Å². The summed E-state index contributed by atoms with van der Waals surface area (Å²) in [6.45, 7) is 2.84. The third kappa shape index (κ3) is 3.21. The van der Waals surface area contributed by atoms with Crippen molar-refractivity contribution in [1.29, 1.82) is 0 Å². The molecule has 1 fully saturated rings.